The second-order valence-corrected chi connectivity index (χ2v) is 6.87. The van der Waals surface area contributed by atoms with Crippen LogP contribution in [0.3, 0.4) is 0 Å². The van der Waals surface area contributed by atoms with Crippen LogP contribution in [0.1, 0.15) is 13.8 Å². The van der Waals surface area contributed by atoms with Gasteiger partial charge in [0.1, 0.15) is 0 Å². The topological polar surface area (TPSA) is 88.7 Å². The summed E-state index contributed by atoms with van der Waals surface area (Å²) in [4.78, 5) is 44.6. The van der Waals surface area contributed by atoms with Crippen molar-refractivity contribution >= 4 is 46.6 Å². The van der Waals surface area contributed by atoms with E-state index in [-0.39, 0.29) is 12.6 Å². The molecule has 0 saturated carbocycles. The van der Waals surface area contributed by atoms with E-state index < -0.39 is 17.5 Å². The number of hydrogen-bond donors (Lipinski definition) is 0. The number of carbonyl (C=O) groups is 1. The summed E-state index contributed by atoms with van der Waals surface area (Å²) < 4.78 is 5.55. The van der Waals surface area contributed by atoms with Gasteiger partial charge < -0.3 is 4.42 Å². The van der Waals surface area contributed by atoms with E-state index in [0.29, 0.717) is 32.5 Å². The Balaban J connectivity index is 2.06. The van der Waals surface area contributed by atoms with E-state index >= 15 is 0 Å². The molecule has 2 aromatic carbocycles. The van der Waals surface area contributed by atoms with Gasteiger partial charge in [-0.1, -0.05) is 47.5 Å². The lowest BCUT2D eigenvalue weighted by Crippen LogP contribution is -2.47. The van der Waals surface area contributed by atoms with Crippen molar-refractivity contribution in [2.45, 2.75) is 13.8 Å². The van der Waals surface area contributed by atoms with Crippen LogP contribution in [0, 0.1) is 0 Å². The van der Waals surface area contributed by atoms with Gasteiger partial charge in [-0.3, -0.25) is 9.80 Å². The van der Waals surface area contributed by atoms with E-state index in [1.807, 2.05) is 0 Å². The normalized spacial score (nSPS) is 10.7. The Hall–Kier alpha value is -3.10. The molecule has 30 heavy (non-hydrogen) atoms. The molecule has 1 amide bonds. The number of amides is 1. The van der Waals surface area contributed by atoms with E-state index in [9.17, 15) is 14.4 Å². The molecule has 3 aromatic rings. The van der Waals surface area contributed by atoms with E-state index in [2.05, 4.69) is 4.98 Å². The third-order valence-corrected chi connectivity index (χ3v) is 4.96. The SMILES string of the molecule is CCN(C(=O)n1c(=O)nc(N(CC)c2ccccc2Cl)oc1=O)c1ccccc1Cl. The van der Waals surface area contributed by atoms with E-state index in [1.54, 1.807) is 62.4 Å². The van der Waals surface area contributed by atoms with Gasteiger partial charge in [-0.05, 0) is 38.1 Å². The summed E-state index contributed by atoms with van der Waals surface area (Å²) in [6.45, 7) is 3.94. The lowest BCUT2D eigenvalue weighted by atomic mass is 10.3. The fourth-order valence-electron chi connectivity index (χ4n) is 2.91. The molecule has 10 heteroatoms. The third-order valence-electron chi connectivity index (χ3n) is 4.32. The van der Waals surface area contributed by atoms with Crippen molar-refractivity contribution < 1.29 is 9.21 Å². The highest BCUT2D eigenvalue weighted by atomic mass is 35.5. The van der Waals surface area contributed by atoms with Crippen LogP contribution in [0.5, 0.6) is 0 Å². The average Bonchev–Trinajstić information content (AvgIpc) is 2.71. The first-order valence-electron chi connectivity index (χ1n) is 9.11. The highest BCUT2D eigenvalue weighted by Gasteiger charge is 2.25. The maximum absolute atomic E-state index is 12.9. The second kappa shape index (κ2) is 9.15. The van der Waals surface area contributed by atoms with E-state index in [1.165, 1.54) is 9.80 Å². The van der Waals surface area contributed by atoms with Gasteiger partial charge in [0.2, 0.25) is 0 Å². The van der Waals surface area contributed by atoms with Crippen molar-refractivity contribution in [3.8, 4) is 0 Å². The quantitative estimate of drug-likeness (QED) is 0.582. The Morgan fingerprint density at radius 2 is 1.53 bits per heavy atom. The van der Waals surface area contributed by atoms with Crippen molar-refractivity contribution in [2.75, 3.05) is 22.9 Å². The number of para-hydroxylation sites is 2. The summed E-state index contributed by atoms with van der Waals surface area (Å²) in [5.74, 6) is -1.16. The number of hydrogen-bond acceptors (Lipinski definition) is 6. The zero-order valence-electron chi connectivity index (χ0n) is 16.2. The van der Waals surface area contributed by atoms with Crippen molar-refractivity contribution in [1.82, 2.24) is 9.55 Å². The molecule has 0 saturated heterocycles. The lowest BCUT2D eigenvalue weighted by Gasteiger charge is -2.23. The molecule has 0 aliphatic heterocycles. The molecular formula is C20H18Cl2N4O4. The number of nitrogens with zero attached hydrogens (tertiary/aromatic N) is 4. The van der Waals surface area contributed by atoms with E-state index in [0.717, 1.165) is 0 Å². The fourth-order valence-corrected chi connectivity index (χ4v) is 3.39. The number of anilines is 3. The van der Waals surface area contributed by atoms with Crippen molar-refractivity contribution in [2.24, 2.45) is 0 Å². The van der Waals surface area contributed by atoms with Crippen LogP contribution in [0.4, 0.5) is 22.2 Å². The molecule has 0 aliphatic rings. The third kappa shape index (κ3) is 4.10. The van der Waals surface area contributed by atoms with E-state index in [4.69, 9.17) is 27.6 Å². The van der Waals surface area contributed by atoms with Crippen LogP contribution in [-0.4, -0.2) is 28.7 Å². The first-order valence-corrected chi connectivity index (χ1v) is 9.87. The summed E-state index contributed by atoms with van der Waals surface area (Å²) in [6.07, 6.45) is 0. The molecule has 8 nitrogen and oxygen atoms in total. The number of carbonyl (C=O) groups excluding carboxylic acids is 1. The molecule has 0 spiro atoms. The predicted molar refractivity (Wildman–Crippen MR) is 116 cm³/mol. The van der Waals surface area contributed by atoms with Crippen LogP contribution in [0.25, 0.3) is 0 Å². The van der Waals surface area contributed by atoms with Gasteiger partial charge in [-0.2, -0.15) is 0 Å². The van der Waals surface area contributed by atoms with Gasteiger partial charge in [0, 0.05) is 13.1 Å². The maximum atomic E-state index is 12.9. The molecule has 0 unspecified atom stereocenters. The standard InChI is InChI=1S/C20H18Cl2N4O4/c1-3-24(15-11-7-5-9-13(15)21)18-23-17(27)26(20(29)30-18)19(28)25(4-2)16-12-8-6-10-14(16)22/h5-12H,3-4H2,1-2H3. The van der Waals surface area contributed by atoms with Gasteiger partial charge in [0.15, 0.2) is 0 Å². The molecular weight excluding hydrogens is 431 g/mol. The zero-order chi connectivity index (χ0) is 21.8. The Bertz CT molecular complexity index is 1160. The van der Waals surface area contributed by atoms with Gasteiger partial charge in [-0.25, -0.2) is 14.4 Å². The molecule has 156 valence electrons. The molecule has 0 N–H and O–H groups in total. The highest BCUT2D eigenvalue weighted by molar-refractivity contribution is 6.34. The predicted octanol–water partition coefficient (Wildman–Crippen LogP) is 4.16. The van der Waals surface area contributed by atoms with Crippen LogP contribution in [0.2, 0.25) is 10.0 Å². The van der Waals surface area contributed by atoms with Crippen LogP contribution < -0.4 is 21.2 Å². The Morgan fingerprint density at radius 1 is 0.967 bits per heavy atom. The summed E-state index contributed by atoms with van der Waals surface area (Å²) >= 11 is 12.4. The first kappa shape index (κ1) is 21.6. The van der Waals surface area contributed by atoms with Gasteiger partial charge >= 0.3 is 23.5 Å². The second-order valence-electron chi connectivity index (χ2n) is 6.05. The number of benzene rings is 2. The summed E-state index contributed by atoms with van der Waals surface area (Å²) in [5, 5.41) is 0.686. The minimum atomic E-state index is -1.16. The Morgan fingerprint density at radius 3 is 2.03 bits per heavy atom. The Labute approximate surface area is 181 Å². The highest BCUT2D eigenvalue weighted by Crippen LogP contribution is 2.29. The number of rotatable bonds is 5. The fraction of sp³-hybridized carbons (Fsp3) is 0.200. The minimum absolute atomic E-state index is 0.164. The molecule has 0 fully saturated rings. The Kier molecular flexibility index (Phi) is 6.59. The molecule has 1 heterocycles. The zero-order valence-corrected chi connectivity index (χ0v) is 17.7. The van der Waals surface area contributed by atoms with Crippen LogP contribution in [-0.2, 0) is 0 Å². The van der Waals surface area contributed by atoms with Gasteiger partial charge in [-0.15, -0.1) is 9.55 Å². The molecule has 0 aliphatic carbocycles. The van der Waals surface area contributed by atoms with Crippen molar-refractivity contribution in [3.05, 3.63) is 79.6 Å². The summed E-state index contributed by atoms with van der Waals surface area (Å²) in [6, 6.07) is 12.3. The maximum Gasteiger partial charge on any atom is 0.434 e. The number of halogens is 2. The number of aromatic nitrogens is 2. The smallest absolute Gasteiger partial charge is 0.374 e. The molecule has 0 atom stereocenters. The average molecular weight is 449 g/mol. The van der Waals surface area contributed by atoms with Gasteiger partial charge in [0.05, 0.1) is 21.4 Å². The summed E-state index contributed by atoms with van der Waals surface area (Å²) in [7, 11) is 0. The van der Waals surface area contributed by atoms with Crippen molar-refractivity contribution in [3.63, 3.8) is 0 Å². The summed E-state index contributed by atoms with van der Waals surface area (Å²) in [5.41, 5.74) is -0.206. The largest absolute Gasteiger partial charge is 0.434 e. The molecule has 0 bridgehead atoms. The van der Waals surface area contributed by atoms with Gasteiger partial charge in [0.25, 0.3) is 0 Å². The first-order chi connectivity index (χ1) is 14.4. The lowest BCUT2D eigenvalue weighted by molar-refractivity contribution is 0.242. The minimum Gasteiger partial charge on any atom is -0.374 e. The van der Waals surface area contributed by atoms with Crippen LogP contribution >= 0.6 is 23.2 Å². The van der Waals surface area contributed by atoms with Crippen LogP contribution in [0.15, 0.2) is 62.5 Å². The molecule has 3 rings (SSSR count). The monoisotopic (exact) mass is 448 g/mol. The molecule has 1 aromatic heterocycles. The molecule has 0 radical (unpaired) electrons. The van der Waals surface area contributed by atoms with Crippen molar-refractivity contribution in [1.29, 1.82) is 0 Å².